The molecule has 4 saturated heterocycles. The van der Waals surface area contributed by atoms with Crippen molar-refractivity contribution < 1.29 is 28.7 Å². The van der Waals surface area contributed by atoms with Gasteiger partial charge in [-0.05, 0) is 81.0 Å². The Balaban J connectivity index is 0.932. The number of nitrogens with zero attached hydrogens (tertiary/aromatic N) is 3. The quantitative estimate of drug-likeness (QED) is 0.517. The molecule has 1 unspecified atom stereocenters. The van der Waals surface area contributed by atoms with E-state index in [0.29, 0.717) is 49.6 Å². The second kappa shape index (κ2) is 10.9. The van der Waals surface area contributed by atoms with Gasteiger partial charge in [0.25, 0.3) is 5.91 Å². The van der Waals surface area contributed by atoms with Gasteiger partial charge in [0, 0.05) is 50.7 Å². The third kappa shape index (κ3) is 5.00. The van der Waals surface area contributed by atoms with E-state index in [1.165, 1.54) is 6.42 Å². The van der Waals surface area contributed by atoms with Crippen LogP contribution in [0.15, 0.2) is 18.2 Å². The average molecular weight is 579 g/mol. The Labute approximate surface area is 247 Å². The van der Waals surface area contributed by atoms with Crippen LogP contribution in [0.2, 0.25) is 0 Å². The lowest BCUT2D eigenvalue weighted by molar-refractivity contribution is -0.170. The number of fused-ring (bicyclic) bond motifs is 1. The number of likely N-dealkylation sites (tertiary alicyclic amines) is 2. The fraction of sp³-hybridized carbons (Fsp3) is 0.688. The number of rotatable bonds is 6. The van der Waals surface area contributed by atoms with Crippen LogP contribution in [0.5, 0.6) is 5.75 Å². The van der Waals surface area contributed by atoms with Gasteiger partial charge in [0.05, 0.1) is 18.6 Å². The molecule has 5 aliphatic heterocycles. The largest absolute Gasteiger partial charge is 0.489 e. The minimum atomic E-state index is -0.609. The van der Waals surface area contributed by atoms with Crippen LogP contribution in [0.1, 0.15) is 74.2 Å². The van der Waals surface area contributed by atoms with Crippen LogP contribution < -0.4 is 10.1 Å². The summed E-state index contributed by atoms with van der Waals surface area (Å²) in [4.78, 5) is 56.2. The van der Waals surface area contributed by atoms with E-state index in [0.717, 1.165) is 69.6 Å². The summed E-state index contributed by atoms with van der Waals surface area (Å²) in [6, 6.07) is 5.47. The first-order valence-electron chi connectivity index (χ1n) is 15.8. The van der Waals surface area contributed by atoms with Crippen LogP contribution in [0, 0.1) is 17.3 Å². The molecule has 7 rings (SSSR count). The van der Waals surface area contributed by atoms with E-state index in [1.54, 1.807) is 4.90 Å². The van der Waals surface area contributed by atoms with Gasteiger partial charge >= 0.3 is 0 Å². The fourth-order valence-electron chi connectivity index (χ4n) is 8.04. The summed E-state index contributed by atoms with van der Waals surface area (Å²) in [5, 5.41) is 2.36. The Morgan fingerprint density at radius 2 is 1.76 bits per heavy atom. The number of nitrogens with one attached hydrogen (secondary N) is 1. The van der Waals surface area contributed by atoms with E-state index in [1.807, 2.05) is 25.1 Å². The van der Waals surface area contributed by atoms with Crippen molar-refractivity contribution in [3.63, 3.8) is 0 Å². The zero-order valence-electron chi connectivity index (χ0n) is 24.5. The molecule has 5 fully saturated rings. The molecule has 4 amide bonds. The topological polar surface area (TPSA) is 108 Å². The molecule has 1 aromatic carbocycles. The summed E-state index contributed by atoms with van der Waals surface area (Å²) in [7, 11) is 0. The van der Waals surface area contributed by atoms with Gasteiger partial charge in [0.15, 0.2) is 0 Å². The Hall–Kier alpha value is -2.98. The summed E-state index contributed by atoms with van der Waals surface area (Å²) in [5.74, 6) is 1.59. The third-order valence-electron chi connectivity index (χ3n) is 10.7. The lowest BCUT2D eigenvalue weighted by atomic mass is 9.77. The van der Waals surface area contributed by atoms with Crippen LogP contribution in [-0.4, -0.2) is 95.9 Å². The van der Waals surface area contributed by atoms with Crippen molar-refractivity contribution in [1.82, 2.24) is 20.0 Å². The highest BCUT2D eigenvalue weighted by Crippen LogP contribution is 2.39. The molecule has 6 aliphatic rings. The van der Waals surface area contributed by atoms with Gasteiger partial charge in [-0.2, -0.15) is 0 Å². The van der Waals surface area contributed by atoms with Crippen molar-refractivity contribution in [1.29, 1.82) is 0 Å². The van der Waals surface area contributed by atoms with Crippen LogP contribution in [0.4, 0.5) is 0 Å². The number of piperidine rings is 2. The SMILES string of the molecule is CC1(C(=O)N2CCC(C3CN([C@@H]4CCCC[C@@H]4Oc4ccc5c(c4)CN(C4CCC(=O)NC4=O)C5=O)C3)CC2)COC1. The molecule has 1 saturated carbocycles. The Kier molecular flexibility index (Phi) is 7.25. The first-order valence-corrected chi connectivity index (χ1v) is 15.8. The van der Waals surface area contributed by atoms with E-state index >= 15 is 0 Å². The van der Waals surface area contributed by atoms with Crippen molar-refractivity contribution in [3.8, 4) is 5.75 Å². The zero-order valence-corrected chi connectivity index (χ0v) is 24.5. The molecule has 0 spiro atoms. The lowest BCUT2D eigenvalue weighted by Gasteiger charge is -2.52. The number of amides is 4. The number of benzene rings is 1. The molecule has 10 heteroatoms. The van der Waals surface area contributed by atoms with Crippen LogP contribution in [0.25, 0.3) is 0 Å². The van der Waals surface area contributed by atoms with Crippen molar-refractivity contribution in [2.45, 2.75) is 83.0 Å². The highest BCUT2D eigenvalue weighted by atomic mass is 16.5. The highest BCUT2D eigenvalue weighted by Gasteiger charge is 2.46. The van der Waals surface area contributed by atoms with Crippen molar-refractivity contribution in [2.24, 2.45) is 17.3 Å². The number of carbonyl (C=O) groups is 4. The Morgan fingerprint density at radius 3 is 2.48 bits per heavy atom. The number of hydrogen-bond acceptors (Lipinski definition) is 7. The predicted octanol–water partition coefficient (Wildman–Crippen LogP) is 2.34. The van der Waals surface area contributed by atoms with Crippen LogP contribution in [-0.2, 0) is 25.7 Å². The van der Waals surface area contributed by atoms with Crippen molar-refractivity contribution in [3.05, 3.63) is 29.3 Å². The molecular formula is C32H42N4O6. The number of hydrogen-bond donors (Lipinski definition) is 1. The second-order valence-corrected chi connectivity index (χ2v) is 13.6. The van der Waals surface area contributed by atoms with Gasteiger partial charge in [-0.1, -0.05) is 6.42 Å². The third-order valence-corrected chi connectivity index (χ3v) is 10.7. The molecular weight excluding hydrogens is 536 g/mol. The van der Waals surface area contributed by atoms with E-state index in [2.05, 4.69) is 15.1 Å². The molecule has 10 nitrogen and oxygen atoms in total. The lowest BCUT2D eigenvalue weighted by Crippen LogP contribution is -2.61. The van der Waals surface area contributed by atoms with Gasteiger partial charge in [0.1, 0.15) is 17.9 Å². The van der Waals surface area contributed by atoms with Gasteiger partial charge in [-0.3, -0.25) is 29.4 Å². The molecule has 42 heavy (non-hydrogen) atoms. The molecule has 226 valence electrons. The average Bonchev–Trinajstić information content (AvgIpc) is 3.27. The van der Waals surface area contributed by atoms with Gasteiger partial charge in [-0.25, -0.2) is 0 Å². The monoisotopic (exact) mass is 578 g/mol. The molecule has 1 N–H and O–H groups in total. The Bertz CT molecular complexity index is 1270. The van der Waals surface area contributed by atoms with Crippen LogP contribution in [0.3, 0.4) is 0 Å². The van der Waals surface area contributed by atoms with E-state index < -0.39 is 6.04 Å². The molecule has 0 aromatic heterocycles. The molecule has 3 atom stereocenters. The number of ether oxygens (including phenoxy) is 2. The number of carbonyl (C=O) groups excluding carboxylic acids is 4. The maximum absolute atomic E-state index is 13.1. The summed E-state index contributed by atoms with van der Waals surface area (Å²) in [5.41, 5.74) is 1.18. The maximum atomic E-state index is 13.1. The molecule has 1 aliphatic carbocycles. The summed E-state index contributed by atoms with van der Waals surface area (Å²) in [6.45, 7) is 7.44. The first-order chi connectivity index (χ1) is 20.3. The normalized spacial score (nSPS) is 30.4. The minimum absolute atomic E-state index is 0.117. The molecule has 1 aromatic rings. The summed E-state index contributed by atoms with van der Waals surface area (Å²) in [6.07, 6.45) is 7.44. The van der Waals surface area contributed by atoms with Gasteiger partial charge in [0.2, 0.25) is 17.7 Å². The van der Waals surface area contributed by atoms with Gasteiger partial charge in [-0.15, -0.1) is 0 Å². The second-order valence-electron chi connectivity index (χ2n) is 13.6. The van der Waals surface area contributed by atoms with E-state index in [-0.39, 0.29) is 41.6 Å². The van der Waals surface area contributed by atoms with E-state index in [9.17, 15) is 19.2 Å². The minimum Gasteiger partial charge on any atom is -0.489 e. The van der Waals surface area contributed by atoms with Gasteiger partial charge < -0.3 is 19.3 Å². The van der Waals surface area contributed by atoms with Crippen LogP contribution >= 0.6 is 0 Å². The predicted molar refractivity (Wildman–Crippen MR) is 152 cm³/mol. The smallest absolute Gasteiger partial charge is 0.255 e. The van der Waals surface area contributed by atoms with Crippen molar-refractivity contribution in [2.75, 3.05) is 39.4 Å². The maximum Gasteiger partial charge on any atom is 0.255 e. The standard InChI is InChI=1S/C32H42N4O6/c1-32(18-41-19-32)31(40)34-12-10-20(11-13-34)22-15-35(16-22)25-4-2-3-5-27(25)42-23-6-7-24-21(14-23)17-36(30(24)39)26-8-9-28(37)33-29(26)38/h6-7,14,20,22,25-27H,2-5,8-13,15-19H2,1H3,(H,33,37,38)/t25-,26?,27+/m1/s1. The zero-order chi connectivity index (χ0) is 29.0. The molecule has 5 heterocycles. The number of imide groups is 1. The summed E-state index contributed by atoms with van der Waals surface area (Å²) >= 11 is 0. The van der Waals surface area contributed by atoms with Crippen molar-refractivity contribution >= 4 is 23.6 Å². The van der Waals surface area contributed by atoms with E-state index in [4.69, 9.17) is 9.47 Å². The first kappa shape index (κ1) is 27.8. The fourth-order valence-corrected chi connectivity index (χ4v) is 8.04. The summed E-state index contributed by atoms with van der Waals surface area (Å²) < 4.78 is 11.9. The highest BCUT2D eigenvalue weighted by molar-refractivity contribution is 6.05. The Morgan fingerprint density at radius 1 is 1.00 bits per heavy atom. The molecule has 0 radical (unpaired) electrons. The molecule has 0 bridgehead atoms.